The van der Waals surface area contributed by atoms with Crippen LogP contribution >= 0.6 is 22.5 Å². The molecule has 1 rings (SSSR count). The fraction of sp³-hybridized carbons (Fsp3) is 1.00. The highest BCUT2D eigenvalue weighted by Crippen LogP contribution is 2.75. The van der Waals surface area contributed by atoms with Gasteiger partial charge in [-0.3, -0.25) is 20.3 Å². The van der Waals surface area contributed by atoms with Gasteiger partial charge in [-0.05, 0) is 83.6 Å². The third-order valence-electron chi connectivity index (χ3n) is 3.58. The molecule has 0 saturated heterocycles. The third-order valence-corrected chi connectivity index (χ3v) is 15.3. The molecule has 0 aliphatic carbocycles. The lowest BCUT2D eigenvalue weighted by atomic mass is 10.4. The molecule has 12 heteroatoms. The summed E-state index contributed by atoms with van der Waals surface area (Å²) in [6.45, 7) is 17.2. The lowest BCUT2D eigenvalue weighted by Gasteiger charge is -2.43. The molecule has 28 heavy (non-hydrogen) atoms. The van der Waals surface area contributed by atoms with Crippen LogP contribution in [-0.2, 0) is 0 Å². The highest BCUT2D eigenvalue weighted by Gasteiger charge is 2.41. The second kappa shape index (κ2) is 10.2. The second-order valence-electron chi connectivity index (χ2n) is 8.84. The molecule has 0 saturated carbocycles. The monoisotopic (exact) mass is 455 g/mol. The molecule has 0 radical (unpaired) electrons. The summed E-state index contributed by atoms with van der Waals surface area (Å²) in [5.41, 5.74) is 0. The van der Waals surface area contributed by atoms with Crippen molar-refractivity contribution in [3.8, 4) is 0 Å². The zero-order chi connectivity index (χ0) is 21.9. The van der Waals surface area contributed by atoms with Crippen molar-refractivity contribution >= 4 is 22.5 Å². The minimum Gasteiger partial charge on any atom is -0.251 e. The van der Waals surface area contributed by atoms with E-state index in [0.29, 0.717) is 0 Å². The molecule has 9 nitrogen and oxygen atoms in total. The molecular weight excluding hydrogens is 411 g/mol. The Morgan fingerprint density at radius 2 is 0.786 bits per heavy atom. The van der Waals surface area contributed by atoms with Crippen LogP contribution in [0.15, 0.2) is 13.5 Å². The van der Waals surface area contributed by atoms with E-state index in [9.17, 15) is 0 Å². The predicted octanol–water partition coefficient (Wildman–Crippen LogP) is 4.95. The van der Waals surface area contributed by atoms with Gasteiger partial charge in [0.05, 0.1) is 0 Å². The van der Waals surface area contributed by atoms with Gasteiger partial charge in [0, 0.05) is 24.2 Å². The molecule has 0 spiro atoms. The molecule has 0 aromatic heterocycles. The minimum absolute atomic E-state index is 0.247. The molecule has 4 N–H and O–H groups in total. The zero-order valence-electron chi connectivity index (χ0n) is 19.9. The highest BCUT2D eigenvalue weighted by atomic mass is 31.3. The smallest absolute Gasteiger partial charge is 0.220 e. The summed E-state index contributed by atoms with van der Waals surface area (Å²) in [5, 5.41) is 14.9. The standard InChI is InChI=1S/C16H44N9P3/c1-13(2)17-26(18-14(3)4)21-27(19-15(5)6,20-16(7)8)23-28(22-26,24(9)10)25(11)12/h13-20H,1-12H3. The van der Waals surface area contributed by atoms with Crippen LogP contribution in [0, 0.1) is 0 Å². The van der Waals surface area contributed by atoms with E-state index in [2.05, 4.69) is 113 Å². The van der Waals surface area contributed by atoms with Crippen LogP contribution in [0.4, 0.5) is 0 Å². The summed E-state index contributed by atoms with van der Waals surface area (Å²) in [4.78, 5) is 0. The quantitative estimate of drug-likeness (QED) is 0.348. The Bertz CT molecular complexity index is 617. The average molecular weight is 456 g/mol. The van der Waals surface area contributed by atoms with E-state index in [0.717, 1.165) is 0 Å². The predicted molar refractivity (Wildman–Crippen MR) is 129 cm³/mol. The molecule has 0 atom stereocenters. The zero-order valence-corrected chi connectivity index (χ0v) is 22.6. The maximum absolute atomic E-state index is 5.40. The summed E-state index contributed by atoms with van der Waals surface area (Å²) < 4.78 is 20.5. The molecule has 0 bridgehead atoms. The summed E-state index contributed by atoms with van der Waals surface area (Å²) in [7, 11) is 1.13. The van der Waals surface area contributed by atoms with E-state index in [4.69, 9.17) is 13.5 Å². The molecule has 1 aliphatic heterocycles. The lowest BCUT2D eigenvalue weighted by molar-refractivity contribution is 0.560. The Kier molecular flexibility index (Phi) is 9.62. The maximum Gasteiger partial charge on any atom is 0.220 e. The van der Waals surface area contributed by atoms with E-state index in [1.165, 1.54) is 0 Å². The van der Waals surface area contributed by atoms with Crippen LogP contribution in [0.5, 0.6) is 0 Å². The number of hydrogen-bond acceptors (Lipinski definition) is 9. The van der Waals surface area contributed by atoms with Gasteiger partial charge in [-0.25, -0.2) is 9.34 Å². The lowest BCUT2D eigenvalue weighted by Crippen LogP contribution is -2.36. The van der Waals surface area contributed by atoms with Crippen LogP contribution in [0.25, 0.3) is 0 Å². The van der Waals surface area contributed by atoms with Crippen molar-refractivity contribution in [3.63, 3.8) is 0 Å². The number of hydrogen-bond donors (Lipinski definition) is 4. The van der Waals surface area contributed by atoms with E-state index >= 15 is 0 Å². The van der Waals surface area contributed by atoms with Gasteiger partial charge in [-0.15, -0.1) is 0 Å². The van der Waals surface area contributed by atoms with Crippen LogP contribution in [0.2, 0.25) is 0 Å². The van der Waals surface area contributed by atoms with Crippen molar-refractivity contribution in [2.45, 2.75) is 79.6 Å². The van der Waals surface area contributed by atoms with Crippen molar-refractivity contribution < 1.29 is 0 Å². The van der Waals surface area contributed by atoms with Crippen LogP contribution < -0.4 is 20.3 Å². The molecule has 0 fully saturated rings. The van der Waals surface area contributed by atoms with Crippen LogP contribution in [0.3, 0.4) is 0 Å². The number of nitrogens with zero attached hydrogens (tertiary/aromatic N) is 5. The average Bonchev–Trinajstić information content (AvgIpc) is 2.41. The number of rotatable bonds is 10. The van der Waals surface area contributed by atoms with Gasteiger partial charge in [0.25, 0.3) is 0 Å². The summed E-state index contributed by atoms with van der Waals surface area (Å²) in [5.74, 6) is 0. The van der Waals surface area contributed by atoms with Crippen molar-refractivity contribution in [2.75, 3.05) is 28.2 Å². The van der Waals surface area contributed by atoms with Gasteiger partial charge >= 0.3 is 0 Å². The topological polar surface area (TPSA) is 91.7 Å². The first-order valence-corrected chi connectivity index (χ1v) is 15.0. The molecule has 168 valence electrons. The molecule has 0 aromatic carbocycles. The first kappa shape index (κ1) is 26.5. The molecular formula is C16H44N9P3. The Morgan fingerprint density at radius 1 is 0.500 bits per heavy atom. The second-order valence-corrected chi connectivity index (χ2v) is 17.1. The molecule has 0 unspecified atom stereocenters. The first-order chi connectivity index (χ1) is 12.7. The van der Waals surface area contributed by atoms with E-state index in [1.54, 1.807) is 0 Å². The van der Waals surface area contributed by atoms with Gasteiger partial charge in [-0.2, -0.15) is 13.5 Å². The number of nitrogens with one attached hydrogen (secondary N) is 4. The van der Waals surface area contributed by atoms with E-state index in [-0.39, 0.29) is 24.2 Å². The van der Waals surface area contributed by atoms with Crippen molar-refractivity contribution in [3.05, 3.63) is 0 Å². The van der Waals surface area contributed by atoms with Crippen LogP contribution in [0.1, 0.15) is 55.4 Å². The van der Waals surface area contributed by atoms with Gasteiger partial charge < -0.3 is 0 Å². The summed E-state index contributed by atoms with van der Waals surface area (Å²) in [6.07, 6.45) is 0. The molecule has 1 heterocycles. The summed E-state index contributed by atoms with van der Waals surface area (Å²) >= 11 is 0. The Labute approximate surface area is 173 Å². The Hall–Kier alpha value is 0.450. The maximum atomic E-state index is 5.40. The Balaban J connectivity index is 4.02. The largest absolute Gasteiger partial charge is 0.251 e. The molecule has 0 amide bonds. The minimum atomic E-state index is -2.42. The fourth-order valence-electron chi connectivity index (χ4n) is 2.99. The Morgan fingerprint density at radius 3 is 1.04 bits per heavy atom. The highest BCUT2D eigenvalue weighted by molar-refractivity contribution is 7.83. The van der Waals surface area contributed by atoms with Gasteiger partial charge in [-0.1, -0.05) is 0 Å². The molecule has 1 aliphatic rings. The molecule has 0 aromatic rings. The van der Waals surface area contributed by atoms with Crippen molar-refractivity contribution in [2.24, 2.45) is 13.5 Å². The van der Waals surface area contributed by atoms with Gasteiger partial charge in [0.2, 0.25) is 22.5 Å². The van der Waals surface area contributed by atoms with E-state index in [1.807, 2.05) is 0 Å². The van der Waals surface area contributed by atoms with Gasteiger partial charge in [0.1, 0.15) is 0 Å². The van der Waals surface area contributed by atoms with Gasteiger partial charge in [0.15, 0.2) is 0 Å². The summed E-state index contributed by atoms with van der Waals surface area (Å²) in [6, 6.07) is 0.987. The third kappa shape index (κ3) is 6.73. The van der Waals surface area contributed by atoms with E-state index < -0.39 is 22.5 Å². The SMILES string of the molecule is CC(C)NP1(NC(C)C)=NP(NC(C)C)(NC(C)C)=NP(N(C)C)(N(C)C)=N1. The van der Waals surface area contributed by atoms with Crippen molar-refractivity contribution in [1.29, 1.82) is 0 Å². The first-order valence-electron chi connectivity index (χ1n) is 10.1. The van der Waals surface area contributed by atoms with Crippen LogP contribution in [-0.4, -0.2) is 61.7 Å². The fourth-order valence-corrected chi connectivity index (χ4v) is 16.6. The van der Waals surface area contributed by atoms with Crippen molar-refractivity contribution in [1.82, 2.24) is 29.7 Å². The normalized spacial score (nSPS) is 20.8.